The summed E-state index contributed by atoms with van der Waals surface area (Å²) in [6, 6.07) is 0. The maximum atomic E-state index is 11.8. The van der Waals surface area contributed by atoms with Crippen molar-refractivity contribution in [3.8, 4) is 0 Å². The standard InChI is InChI=1S/C13H24N2O.ClH/c1-13(5-2-6-13)10-15-12(16)9-11-3-7-14-8-4-11;/h11,14H,2-10H2,1H3,(H,15,16);1H. The maximum absolute atomic E-state index is 11.8. The number of rotatable bonds is 4. The van der Waals surface area contributed by atoms with Gasteiger partial charge < -0.3 is 10.6 Å². The van der Waals surface area contributed by atoms with Crippen LogP contribution in [0.3, 0.4) is 0 Å². The molecule has 2 fully saturated rings. The first-order chi connectivity index (χ1) is 7.68. The van der Waals surface area contributed by atoms with E-state index in [0.717, 1.165) is 38.9 Å². The quantitative estimate of drug-likeness (QED) is 0.813. The van der Waals surface area contributed by atoms with E-state index in [0.29, 0.717) is 11.3 Å². The molecule has 0 aromatic heterocycles. The van der Waals surface area contributed by atoms with Crippen molar-refractivity contribution in [3.63, 3.8) is 0 Å². The van der Waals surface area contributed by atoms with Gasteiger partial charge in [0.05, 0.1) is 0 Å². The van der Waals surface area contributed by atoms with Crippen LogP contribution in [0.15, 0.2) is 0 Å². The van der Waals surface area contributed by atoms with E-state index in [1.54, 1.807) is 0 Å². The Morgan fingerprint density at radius 1 is 1.35 bits per heavy atom. The van der Waals surface area contributed by atoms with Crippen LogP contribution in [0.25, 0.3) is 0 Å². The molecule has 0 aromatic carbocycles. The number of halogens is 1. The second kappa shape index (κ2) is 6.60. The van der Waals surface area contributed by atoms with E-state index in [-0.39, 0.29) is 18.3 Å². The van der Waals surface area contributed by atoms with Crippen LogP contribution in [0.1, 0.15) is 45.4 Å². The van der Waals surface area contributed by atoms with Crippen molar-refractivity contribution in [2.24, 2.45) is 11.3 Å². The number of amides is 1. The SMILES string of the molecule is CC1(CNC(=O)CC2CCNCC2)CCC1.Cl. The molecule has 0 radical (unpaired) electrons. The molecule has 2 aliphatic rings. The molecular formula is C13H25ClN2O. The van der Waals surface area contributed by atoms with Gasteiger partial charge in [0.25, 0.3) is 0 Å². The summed E-state index contributed by atoms with van der Waals surface area (Å²) in [5.74, 6) is 0.871. The predicted octanol–water partition coefficient (Wildman–Crippen LogP) is 2.10. The van der Waals surface area contributed by atoms with E-state index in [9.17, 15) is 4.79 Å². The summed E-state index contributed by atoms with van der Waals surface area (Å²) in [6.07, 6.45) is 6.94. The van der Waals surface area contributed by atoms with Gasteiger partial charge in [0.15, 0.2) is 0 Å². The van der Waals surface area contributed by atoms with Crippen molar-refractivity contribution >= 4 is 18.3 Å². The first kappa shape index (κ1) is 14.8. The molecule has 1 heterocycles. The third-order valence-corrected chi connectivity index (χ3v) is 4.21. The van der Waals surface area contributed by atoms with E-state index in [1.807, 2.05) is 0 Å². The Morgan fingerprint density at radius 3 is 2.53 bits per heavy atom. The zero-order chi connectivity index (χ0) is 11.4. The minimum Gasteiger partial charge on any atom is -0.356 e. The molecular weight excluding hydrogens is 236 g/mol. The van der Waals surface area contributed by atoms with Gasteiger partial charge in [0.1, 0.15) is 0 Å². The van der Waals surface area contributed by atoms with Crippen LogP contribution in [-0.4, -0.2) is 25.5 Å². The second-order valence-corrected chi connectivity index (χ2v) is 5.84. The molecule has 1 amide bonds. The maximum Gasteiger partial charge on any atom is 0.220 e. The highest BCUT2D eigenvalue weighted by molar-refractivity contribution is 5.85. The van der Waals surface area contributed by atoms with Gasteiger partial charge in [-0.2, -0.15) is 0 Å². The minimum atomic E-state index is 0. The van der Waals surface area contributed by atoms with Crippen molar-refractivity contribution < 1.29 is 4.79 Å². The van der Waals surface area contributed by atoms with Gasteiger partial charge in [0.2, 0.25) is 5.91 Å². The van der Waals surface area contributed by atoms with Crippen LogP contribution < -0.4 is 10.6 Å². The Balaban J connectivity index is 0.00000144. The number of nitrogens with one attached hydrogen (secondary N) is 2. The van der Waals surface area contributed by atoms with Gasteiger partial charge in [-0.05, 0) is 50.1 Å². The van der Waals surface area contributed by atoms with Crippen molar-refractivity contribution in [1.82, 2.24) is 10.6 Å². The lowest BCUT2D eigenvalue weighted by Crippen LogP contribution is -2.41. The molecule has 1 aliphatic heterocycles. The van der Waals surface area contributed by atoms with E-state index in [2.05, 4.69) is 17.6 Å². The molecule has 0 atom stereocenters. The molecule has 100 valence electrons. The Hall–Kier alpha value is -0.280. The summed E-state index contributed by atoms with van der Waals surface area (Å²) in [6.45, 7) is 5.32. The van der Waals surface area contributed by atoms with Crippen molar-refractivity contribution in [1.29, 1.82) is 0 Å². The molecule has 2 N–H and O–H groups in total. The first-order valence-electron chi connectivity index (χ1n) is 6.65. The van der Waals surface area contributed by atoms with Crippen LogP contribution in [-0.2, 0) is 4.79 Å². The normalized spacial score (nSPS) is 23.4. The van der Waals surface area contributed by atoms with Gasteiger partial charge >= 0.3 is 0 Å². The summed E-state index contributed by atoms with van der Waals surface area (Å²) < 4.78 is 0. The third-order valence-electron chi connectivity index (χ3n) is 4.21. The highest BCUT2D eigenvalue weighted by Gasteiger charge is 2.32. The summed E-state index contributed by atoms with van der Waals surface area (Å²) in [5.41, 5.74) is 0.407. The van der Waals surface area contributed by atoms with Gasteiger partial charge in [0, 0.05) is 13.0 Å². The Kier molecular flexibility index (Phi) is 5.74. The molecule has 1 aliphatic carbocycles. The number of carbonyl (C=O) groups excluding carboxylic acids is 1. The monoisotopic (exact) mass is 260 g/mol. The molecule has 0 unspecified atom stereocenters. The lowest BCUT2D eigenvalue weighted by atomic mass is 9.70. The Labute approximate surface area is 111 Å². The van der Waals surface area contributed by atoms with E-state index in [1.165, 1.54) is 19.3 Å². The Bertz CT molecular complexity index is 248. The fourth-order valence-electron chi connectivity index (χ4n) is 2.69. The molecule has 1 saturated carbocycles. The molecule has 17 heavy (non-hydrogen) atoms. The molecule has 0 bridgehead atoms. The van der Waals surface area contributed by atoms with E-state index < -0.39 is 0 Å². The molecule has 0 aromatic rings. The van der Waals surface area contributed by atoms with Crippen molar-refractivity contribution in [3.05, 3.63) is 0 Å². The van der Waals surface area contributed by atoms with Crippen LogP contribution in [0.5, 0.6) is 0 Å². The van der Waals surface area contributed by atoms with Gasteiger partial charge in [-0.3, -0.25) is 4.79 Å². The zero-order valence-electron chi connectivity index (χ0n) is 10.8. The second-order valence-electron chi connectivity index (χ2n) is 5.84. The molecule has 4 heteroatoms. The summed E-state index contributed by atoms with van der Waals surface area (Å²) in [5, 5.41) is 6.44. The van der Waals surface area contributed by atoms with Crippen LogP contribution in [0, 0.1) is 11.3 Å². The molecule has 0 spiro atoms. The van der Waals surface area contributed by atoms with Crippen LogP contribution >= 0.6 is 12.4 Å². The number of hydrogen-bond donors (Lipinski definition) is 2. The van der Waals surface area contributed by atoms with Crippen molar-refractivity contribution in [2.45, 2.75) is 45.4 Å². The largest absolute Gasteiger partial charge is 0.356 e. The predicted molar refractivity (Wildman–Crippen MR) is 72.4 cm³/mol. The highest BCUT2D eigenvalue weighted by Crippen LogP contribution is 2.39. The lowest BCUT2D eigenvalue weighted by molar-refractivity contribution is -0.123. The highest BCUT2D eigenvalue weighted by atomic mass is 35.5. The number of hydrogen-bond acceptors (Lipinski definition) is 2. The molecule has 1 saturated heterocycles. The van der Waals surface area contributed by atoms with Gasteiger partial charge in [-0.25, -0.2) is 0 Å². The molecule has 3 nitrogen and oxygen atoms in total. The van der Waals surface area contributed by atoms with Crippen LogP contribution in [0.2, 0.25) is 0 Å². The van der Waals surface area contributed by atoms with Crippen LogP contribution in [0.4, 0.5) is 0 Å². The van der Waals surface area contributed by atoms with E-state index in [4.69, 9.17) is 0 Å². The van der Waals surface area contributed by atoms with Gasteiger partial charge in [-0.1, -0.05) is 13.3 Å². The zero-order valence-corrected chi connectivity index (χ0v) is 11.6. The topological polar surface area (TPSA) is 41.1 Å². The fraction of sp³-hybridized carbons (Fsp3) is 0.923. The molecule has 2 rings (SSSR count). The summed E-state index contributed by atoms with van der Waals surface area (Å²) >= 11 is 0. The van der Waals surface area contributed by atoms with Crippen molar-refractivity contribution in [2.75, 3.05) is 19.6 Å². The van der Waals surface area contributed by atoms with E-state index >= 15 is 0 Å². The third kappa shape index (κ3) is 4.47. The fourth-order valence-corrected chi connectivity index (χ4v) is 2.69. The number of piperidine rings is 1. The summed E-state index contributed by atoms with van der Waals surface area (Å²) in [7, 11) is 0. The minimum absolute atomic E-state index is 0. The van der Waals surface area contributed by atoms with Gasteiger partial charge in [-0.15, -0.1) is 12.4 Å². The summed E-state index contributed by atoms with van der Waals surface area (Å²) in [4.78, 5) is 11.8. The smallest absolute Gasteiger partial charge is 0.220 e. The number of carbonyl (C=O) groups is 1. The Morgan fingerprint density at radius 2 is 2.00 bits per heavy atom. The average molecular weight is 261 g/mol. The average Bonchev–Trinajstić information content (AvgIpc) is 2.25. The lowest BCUT2D eigenvalue weighted by Gasteiger charge is -2.38. The first-order valence-corrected chi connectivity index (χ1v) is 6.65.